The maximum absolute atomic E-state index is 12.3. The third kappa shape index (κ3) is 8.35. The van der Waals surface area contributed by atoms with E-state index in [0.29, 0.717) is 23.4 Å². The van der Waals surface area contributed by atoms with E-state index in [1.165, 1.54) is 25.8 Å². The Labute approximate surface area is 181 Å². The molecule has 8 heteroatoms. The number of likely N-dealkylation sites (tertiary alicyclic amines) is 1. The van der Waals surface area contributed by atoms with Crippen LogP contribution in [0.3, 0.4) is 0 Å². The van der Waals surface area contributed by atoms with E-state index in [1.807, 2.05) is 6.07 Å². The Morgan fingerprint density at radius 1 is 1.19 bits per heavy atom. The second-order valence-electron chi connectivity index (χ2n) is 6.79. The van der Waals surface area contributed by atoms with Gasteiger partial charge in [-0.1, -0.05) is 24.6 Å². The smallest absolute Gasteiger partial charge is 0.191 e. The molecule has 1 saturated heterocycles. The molecule has 2 rings (SSSR count). The van der Waals surface area contributed by atoms with Gasteiger partial charge in [-0.2, -0.15) is 0 Å². The SMILES string of the molecule is CN=C(NCCCN1CCCCC1C)NCCS(=O)(=O)c1ccccc1.I. The second kappa shape index (κ2) is 12.6. The minimum absolute atomic E-state index is 0. The Hall–Kier alpha value is -0.870. The number of guanidine groups is 1. The molecular weight excluding hydrogens is 475 g/mol. The molecule has 1 fully saturated rings. The molecule has 0 amide bonds. The summed E-state index contributed by atoms with van der Waals surface area (Å²) in [7, 11) is -1.56. The van der Waals surface area contributed by atoms with Crippen LogP contribution in [0.1, 0.15) is 32.6 Å². The summed E-state index contributed by atoms with van der Waals surface area (Å²) in [5.74, 6) is 0.697. The zero-order chi connectivity index (χ0) is 18.8. The van der Waals surface area contributed by atoms with Gasteiger partial charge in [-0.05, 0) is 44.9 Å². The van der Waals surface area contributed by atoms with Crippen LogP contribution in [0.25, 0.3) is 0 Å². The van der Waals surface area contributed by atoms with Gasteiger partial charge in [-0.3, -0.25) is 4.99 Å². The predicted molar refractivity (Wildman–Crippen MR) is 123 cm³/mol. The van der Waals surface area contributed by atoms with Gasteiger partial charge in [0.1, 0.15) is 0 Å². The first-order valence-electron chi connectivity index (χ1n) is 9.49. The maximum atomic E-state index is 12.3. The minimum Gasteiger partial charge on any atom is -0.356 e. The predicted octanol–water partition coefficient (Wildman–Crippen LogP) is 2.51. The van der Waals surface area contributed by atoms with Crippen molar-refractivity contribution in [3.8, 4) is 0 Å². The molecule has 1 aromatic rings. The standard InChI is InChI=1S/C19H32N4O2S.HI/c1-17-9-6-7-14-23(17)15-8-12-21-19(20-2)22-13-16-26(24,25)18-10-4-3-5-11-18;/h3-5,10-11,17H,6-9,12-16H2,1-2H3,(H2,20,21,22);1H. The number of nitrogens with one attached hydrogen (secondary N) is 2. The quantitative estimate of drug-likeness (QED) is 0.244. The van der Waals surface area contributed by atoms with E-state index in [2.05, 4.69) is 27.4 Å². The number of halogens is 1. The molecule has 27 heavy (non-hydrogen) atoms. The number of benzene rings is 1. The Balaban J connectivity index is 0.00000364. The Morgan fingerprint density at radius 3 is 2.56 bits per heavy atom. The zero-order valence-corrected chi connectivity index (χ0v) is 19.5. The summed E-state index contributed by atoms with van der Waals surface area (Å²) < 4.78 is 24.5. The maximum Gasteiger partial charge on any atom is 0.191 e. The van der Waals surface area contributed by atoms with Crippen LogP contribution in [0.15, 0.2) is 40.2 Å². The van der Waals surface area contributed by atoms with Gasteiger partial charge in [-0.25, -0.2) is 8.42 Å². The van der Waals surface area contributed by atoms with Crippen molar-refractivity contribution < 1.29 is 8.42 Å². The average Bonchev–Trinajstić information content (AvgIpc) is 2.65. The van der Waals surface area contributed by atoms with Gasteiger partial charge in [0.25, 0.3) is 0 Å². The topological polar surface area (TPSA) is 73.8 Å². The Bertz CT molecular complexity index is 668. The first-order valence-corrected chi connectivity index (χ1v) is 11.1. The molecule has 0 aliphatic carbocycles. The highest BCUT2D eigenvalue weighted by Gasteiger charge is 2.17. The fourth-order valence-electron chi connectivity index (χ4n) is 3.25. The Morgan fingerprint density at radius 2 is 1.89 bits per heavy atom. The first kappa shape index (κ1) is 24.2. The zero-order valence-electron chi connectivity index (χ0n) is 16.4. The third-order valence-electron chi connectivity index (χ3n) is 4.84. The van der Waals surface area contributed by atoms with Crippen molar-refractivity contribution in [2.75, 3.05) is 39.0 Å². The monoisotopic (exact) mass is 508 g/mol. The van der Waals surface area contributed by atoms with Crippen LogP contribution in [0.4, 0.5) is 0 Å². The molecule has 1 heterocycles. The molecule has 1 aliphatic rings. The van der Waals surface area contributed by atoms with Crippen LogP contribution >= 0.6 is 24.0 Å². The van der Waals surface area contributed by atoms with Crippen molar-refractivity contribution in [1.82, 2.24) is 15.5 Å². The van der Waals surface area contributed by atoms with E-state index in [9.17, 15) is 8.42 Å². The summed E-state index contributed by atoms with van der Waals surface area (Å²) in [6.07, 6.45) is 5.00. The van der Waals surface area contributed by atoms with Gasteiger partial charge in [0.05, 0.1) is 10.6 Å². The molecule has 0 saturated carbocycles. The van der Waals surface area contributed by atoms with E-state index < -0.39 is 9.84 Å². The van der Waals surface area contributed by atoms with Crippen LogP contribution in [0, 0.1) is 0 Å². The van der Waals surface area contributed by atoms with Crippen LogP contribution in [0.2, 0.25) is 0 Å². The molecule has 1 atom stereocenters. The lowest BCUT2D eigenvalue weighted by atomic mass is 10.0. The van der Waals surface area contributed by atoms with Gasteiger partial charge in [0.2, 0.25) is 0 Å². The number of sulfone groups is 1. The third-order valence-corrected chi connectivity index (χ3v) is 6.58. The minimum atomic E-state index is -3.26. The molecule has 0 spiro atoms. The van der Waals surface area contributed by atoms with E-state index in [0.717, 1.165) is 19.5 Å². The van der Waals surface area contributed by atoms with Gasteiger partial charge < -0.3 is 15.5 Å². The molecule has 1 aromatic carbocycles. The highest BCUT2D eigenvalue weighted by atomic mass is 127. The van der Waals surface area contributed by atoms with Crippen LogP contribution < -0.4 is 10.6 Å². The van der Waals surface area contributed by atoms with Crippen molar-refractivity contribution in [1.29, 1.82) is 0 Å². The molecule has 0 radical (unpaired) electrons. The molecule has 1 unspecified atom stereocenters. The molecule has 0 bridgehead atoms. The number of aliphatic imine (C=N–C) groups is 1. The number of nitrogens with zero attached hydrogens (tertiary/aromatic N) is 2. The van der Waals surface area contributed by atoms with E-state index in [-0.39, 0.29) is 29.7 Å². The first-order chi connectivity index (χ1) is 12.5. The van der Waals surface area contributed by atoms with Crippen molar-refractivity contribution in [2.45, 2.75) is 43.5 Å². The highest BCUT2D eigenvalue weighted by molar-refractivity contribution is 14.0. The molecule has 6 nitrogen and oxygen atoms in total. The number of hydrogen-bond acceptors (Lipinski definition) is 4. The van der Waals surface area contributed by atoms with Crippen molar-refractivity contribution in [2.24, 2.45) is 4.99 Å². The average molecular weight is 508 g/mol. The summed E-state index contributed by atoms with van der Waals surface area (Å²) in [6, 6.07) is 9.24. The summed E-state index contributed by atoms with van der Waals surface area (Å²) in [5.41, 5.74) is 0. The largest absolute Gasteiger partial charge is 0.356 e. The summed E-state index contributed by atoms with van der Waals surface area (Å²) in [5, 5.41) is 6.36. The normalized spacial score (nSPS) is 18.6. The van der Waals surface area contributed by atoms with E-state index in [4.69, 9.17) is 0 Å². The van der Waals surface area contributed by atoms with Crippen molar-refractivity contribution in [3.05, 3.63) is 30.3 Å². The summed E-state index contributed by atoms with van der Waals surface area (Å²) >= 11 is 0. The lowest BCUT2D eigenvalue weighted by molar-refractivity contribution is 0.159. The summed E-state index contributed by atoms with van der Waals surface area (Å²) in [4.78, 5) is 7.08. The van der Waals surface area contributed by atoms with Crippen LogP contribution in [-0.2, 0) is 9.84 Å². The van der Waals surface area contributed by atoms with Crippen molar-refractivity contribution in [3.63, 3.8) is 0 Å². The second-order valence-corrected chi connectivity index (χ2v) is 8.90. The summed E-state index contributed by atoms with van der Waals surface area (Å²) in [6.45, 7) is 5.76. The fraction of sp³-hybridized carbons (Fsp3) is 0.632. The lowest BCUT2D eigenvalue weighted by Gasteiger charge is -2.33. The molecule has 154 valence electrons. The molecule has 0 aromatic heterocycles. The van der Waals surface area contributed by atoms with Gasteiger partial charge >= 0.3 is 0 Å². The highest BCUT2D eigenvalue weighted by Crippen LogP contribution is 2.16. The van der Waals surface area contributed by atoms with Crippen molar-refractivity contribution >= 4 is 39.8 Å². The van der Waals surface area contributed by atoms with Crippen LogP contribution in [-0.4, -0.2) is 64.3 Å². The molecule has 1 aliphatic heterocycles. The van der Waals surface area contributed by atoms with E-state index >= 15 is 0 Å². The van der Waals surface area contributed by atoms with Gasteiger partial charge in [0.15, 0.2) is 15.8 Å². The molecular formula is C19H33IN4O2S. The number of rotatable bonds is 8. The lowest BCUT2D eigenvalue weighted by Crippen LogP contribution is -2.42. The molecule has 2 N–H and O–H groups in total. The number of piperidine rings is 1. The van der Waals surface area contributed by atoms with Crippen LogP contribution in [0.5, 0.6) is 0 Å². The van der Waals surface area contributed by atoms with E-state index in [1.54, 1.807) is 31.3 Å². The fourth-order valence-corrected chi connectivity index (χ4v) is 4.43. The van der Waals surface area contributed by atoms with Gasteiger partial charge in [0, 0.05) is 32.7 Å². The number of hydrogen-bond donors (Lipinski definition) is 2. The Kier molecular flexibility index (Phi) is 11.2. The van der Waals surface area contributed by atoms with Gasteiger partial charge in [-0.15, -0.1) is 24.0 Å².